The molecule has 0 unspecified atom stereocenters. The molecule has 1 aromatic rings. The third-order valence-corrected chi connectivity index (χ3v) is 5.28. The van der Waals surface area contributed by atoms with Crippen molar-refractivity contribution < 1.29 is 4.39 Å². The lowest BCUT2D eigenvalue weighted by Crippen LogP contribution is -2.38. The van der Waals surface area contributed by atoms with Crippen LogP contribution in [0.1, 0.15) is 45.1 Å². The van der Waals surface area contributed by atoms with E-state index in [0.29, 0.717) is 23.6 Å². The fraction of sp³-hybridized carbons (Fsp3) is 0.647. The third kappa shape index (κ3) is 3.53. The predicted octanol–water partition coefficient (Wildman–Crippen LogP) is 4.81. The molecular formula is C17H25ClFN. The summed E-state index contributed by atoms with van der Waals surface area (Å²) < 4.78 is 13.9. The van der Waals surface area contributed by atoms with Crippen LogP contribution in [0.5, 0.6) is 0 Å². The highest BCUT2D eigenvalue weighted by Crippen LogP contribution is 2.43. The van der Waals surface area contributed by atoms with E-state index in [4.69, 9.17) is 17.3 Å². The van der Waals surface area contributed by atoms with E-state index in [9.17, 15) is 4.39 Å². The first kappa shape index (κ1) is 15.8. The number of nitrogens with two attached hydrogens (primary N) is 1. The quantitative estimate of drug-likeness (QED) is 0.847. The molecule has 0 saturated heterocycles. The summed E-state index contributed by atoms with van der Waals surface area (Å²) in [5.41, 5.74) is 6.81. The monoisotopic (exact) mass is 297 g/mol. The highest BCUT2D eigenvalue weighted by molar-refractivity contribution is 6.30. The minimum atomic E-state index is -0.159. The average Bonchev–Trinajstić information content (AvgIpc) is 2.43. The zero-order valence-electron chi connectivity index (χ0n) is 12.5. The molecule has 0 amide bonds. The molecule has 1 aliphatic carbocycles. The van der Waals surface area contributed by atoms with Crippen LogP contribution in [0.4, 0.5) is 4.39 Å². The van der Waals surface area contributed by atoms with Gasteiger partial charge in [0.05, 0.1) is 0 Å². The molecule has 0 aromatic heterocycles. The summed E-state index contributed by atoms with van der Waals surface area (Å²) in [6.45, 7) is 5.21. The minimum absolute atomic E-state index is 0.0525. The fourth-order valence-corrected chi connectivity index (χ4v) is 3.65. The Labute approximate surface area is 126 Å². The highest BCUT2D eigenvalue weighted by atomic mass is 35.5. The smallest absolute Gasteiger partial charge is 0.126 e. The van der Waals surface area contributed by atoms with Crippen molar-refractivity contribution in [1.82, 2.24) is 0 Å². The zero-order chi connectivity index (χ0) is 14.8. The molecule has 1 fully saturated rings. The van der Waals surface area contributed by atoms with Crippen LogP contribution >= 0.6 is 11.6 Å². The molecule has 0 aliphatic heterocycles. The van der Waals surface area contributed by atoms with Crippen LogP contribution in [0.2, 0.25) is 5.02 Å². The van der Waals surface area contributed by atoms with Gasteiger partial charge in [-0.3, -0.25) is 0 Å². The van der Waals surface area contributed by atoms with Crippen molar-refractivity contribution >= 4 is 11.6 Å². The van der Waals surface area contributed by atoms with Crippen LogP contribution in [0, 0.1) is 23.1 Å². The summed E-state index contributed by atoms with van der Waals surface area (Å²) in [6, 6.07) is 4.82. The molecule has 1 aromatic carbocycles. The van der Waals surface area contributed by atoms with Gasteiger partial charge in [0.25, 0.3) is 0 Å². The van der Waals surface area contributed by atoms with Gasteiger partial charge in [0, 0.05) is 5.02 Å². The van der Waals surface area contributed by atoms with E-state index in [2.05, 4.69) is 13.8 Å². The standard InChI is InChI=1S/C17H25ClFN/c1-12(2)13-5-7-17(11-20,8-6-13)10-14-9-15(18)3-4-16(14)19/h3-4,9,12-13H,5-8,10-11,20H2,1-2H3. The Morgan fingerprint density at radius 2 is 2.00 bits per heavy atom. The van der Waals surface area contributed by atoms with Gasteiger partial charge >= 0.3 is 0 Å². The van der Waals surface area contributed by atoms with Gasteiger partial charge in [-0.05, 0) is 79.7 Å². The number of hydrogen-bond acceptors (Lipinski definition) is 1. The maximum absolute atomic E-state index is 13.9. The summed E-state index contributed by atoms with van der Waals surface area (Å²) in [7, 11) is 0. The van der Waals surface area contributed by atoms with Crippen LogP contribution in [0.25, 0.3) is 0 Å². The Morgan fingerprint density at radius 3 is 2.55 bits per heavy atom. The Kier molecular flexibility index (Phi) is 5.09. The summed E-state index contributed by atoms with van der Waals surface area (Å²) in [5, 5.41) is 0.601. The molecule has 0 bridgehead atoms. The van der Waals surface area contributed by atoms with Crippen LogP contribution in [-0.2, 0) is 6.42 Å². The van der Waals surface area contributed by atoms with Crippen molar-refractivity contribution in [1.29, 1.82) is 0 Å². The maximum atomic E-state index is 13.9. The Balaban J connectivity index is 2.11. The van der Waals surface area contributed by atoms with Gasteiger partial charge in [-0.15, -0.1) is 0 Å². The highest BCUT2D eigenvalue weighted by Gasteiger charge is 2.35. The van der Waals surface area contributed by atoms with Crippen LogP contribution in [0.15, 0.2) is 18.2 Å². The number of hydrogen-bond donors (Lipinski definition) is 1. The molecule has 1 nitrogen and oxygen atoms in total. The SMILES string of the molecule is CC(C)C1CCC(CN)(Cc2cc(Cl)ccc2F)CC1. The topological polar surface area (TPSA) is 26.0 Å². The number of halogens is 2. The van der Waals surface area contributed by atoms with Gasteiger partial charge in [0.1, 0.15) is 5.82 Å². The molecule has 0 spiro atoms. The Bertz CT molecular complexity index is 450. The van der Waals surface area contributed by atoms with Crippen molar-refractivity contribution in [2.75, 3.05) is 6.54 Å². The summed E-state index contributed by atoms with van der Waals surface area (Å²) in [4.78, 5) is 0. The van der Waals surface area contributed by atoms with E-state index >= 15 is 0 Å². The lowest BCUT2D eigenvalue weighted by Gasteiger charge is -2.41. The molecule has 2 N–H and O–H groups in total. The van der Waals surface area contributed by atoms with Crippen LogP contribution < -0.4 is 5.73 Å². The Hall–Kier alpha value is -0.600. The average molecular weight is 298 g/mol. The van der Waals surface area contributed by atoms with Gasteiger partial charge in [-0.2, -0.15) is 0 Å². The molecule has 0 radical (unpaired) electrons. The third-order valence-electron chi connectivity index (χ3n) is 5.04. The van der Waals surface area contributed by atoms with E-state index < -0.39 is 0 Å². The summed E-state index contributed by atoms with van der Waals surface area (Å²) >= 11 is 5.99. The molecule has 2 rings (SSSR count). The van der Waals surface area contributed by atoms with Crippen molar-refractivity contribution in [2.24, 2.45) is 23.0 Å². The van der Waals surface area contributed by atoms with Gasteiger partial charge in [0.15, 0.2) is 0 Å². The normalized spacial score (nSPS) is 27.0. The van der Waals surface area contributed by atoms with Gasteiger partial charge in [-0.25, -0.2) is 4.39 Å². The second-order valence-corrected chi connectivity index (χ2v) is 7.13. The van der Waals surface area contributed by atoms with E-state index in [-0.39, 0.29) is 11.2 Å². The van der Waals surface area contributed by atoms with Crippen molar-refractivity contribution in [3.05, 3.63) is 34.6 Å². The first-order chi connectivity index (χ1) is 9.46. The molecule has 112 valence electrons. The molecule has 1 aliphatic rings. The van der Waals surface area contributed by atoms with E-state index in [0.717, 1.165) is 24.7 Å². The zero-order valence-corrected chi connectivity index (χ0v) is 13.2. The van der Waals surface area contributed by atoms with E-state index in [1.165, 1.54) is 18.9 Å². The first-order valence-electron chi connectivity index (χ1n) is 7.60. The van der Waals surface area contributed by atoms with E-state index in [1.54, 1.807) is 12.1 Å². The number of rotatable bonds is 4. The van der Waals surface area contributed by atoms with Crippen LogP contribution in [-0.4, -0.2) is 6.54 Å². The summed E-state index contributed by atoms with van der Waals surface area (Å²) in [6.07, 6.45) is 5.31. The number of benzene rings is 1. The maximum Gasteiger partial charge on any atom is 0.126 e. The van der Waals surface area contributed by atoms with E-state index in [1.807, 2.05) is 0 Å². The largest absolute Gasteiger partial charge is 0.330 e. The molecule has 3 heteroatoms. The lowest BCUT2D eigenvalue weighted by atomic mass is 9.65. The molecule has 0 atom stereocenters. The molecule has 20 heavy (non-hydrogen) atoms. The summed E-state index contributed by atoms with van der Waals surface area (Å²) in [5.74, 6) is 1.36. The lowest BCUT2D eigenvalue weighted by molar-refractivity contribution is 0.131. The minimum Gasteiger partial charge on any atom is -0.330 e. The van der Waals surface area contributed by atoms with Gasteiger partial charge < -0.3 is 5.73 Å². The fourth-order valence-electron chi connectivity index (χ4n) is 3.46. The second kappa shape index (κ2) is 6.44. The van der Waals surface area contributed by atoms with Crippen molar-refractivity contribution in [3.8, 4) is 0 Å². The second-order valence-electron chi connectivity index (χ2n) is 6.70. The first-order valence-corrected chi connectivity index (χ1v) is 7.97. The van der Waals surface area contributed by atoms with Crippen LogP contribution in [0.3, 0.4) is 0 Å². The van der Waals surface area contributed by atoms with Gasteiger partial charge in [0.2, 0.25) is 0 Å². The van der Waals surface area contributed by atoms with Crippen molar-refractivity contribution in [2.45, 2.75) is 46.0 Å². The molecular weight excluding hydrogens is 273 g/mol. The predicted molar refractivity (Wildman–Crippen MR) is 83.4 cm³/mol. The molecule has 0 heterocycles. The molecule has 1 saturated carbocycles. The Morgan fingerprint density at radius 1 is 1.35 bits per heavy atom. The van der Waals surface area contributed by atoms with Crippen molar-refractivity contribution in [3.63, 3.8) is 0 Å². The van der Waals surface area contributed by atoms with Gasteiger partial charge in [-0.1, -0.05) is 25.4 Å².